The first-order chi connectivity index (χ1) is 26.1. The average Bonchev–Trinajstić information content (AvgIpc) is 3.71. The van der Waals surface area contributed by atoms with Gasteiger partial charge in [0.15, 0.2) is 0 Å². The molecule has 6 aliphatic rings. The molecule has 2 aliphatic carbocycles. The number of aryl methyl sites for hydroxylation is 1. The van der Waals surface area contributed by atoms with E-state index in [1.54, 1.807) is 6.08 Å². The standard InChI is InChI=1S/C41H49N5O.C3H6.2C2H6.CH4.H2/c1-7-33-36(39-28(3)9-10-34-30(5)29(4)21-35(34)39)22-32(23-37(33)45-18-15-40(24-45)25-46(26-40)38(47)8-2)43-16-11-31(12-17-43)44-20-19-42(6)41(27-44)13-14-41;1-3-2;2*1-2;;/h1,8-10,22-23,31H,2,4-5,11-21,24-27H2,3,6H3;3H,1H2,2H3;2*1-2H3;1H4;1H. The molecule has 5 fully saturated rings. The first-order valence-corrected chi connectivity index (χ1v) is 20.6. The minimum absolute atomic E-state index is 0. The highest BCUT2D eigenvalue weighted by Crippen LogP contribution is 2.48. The molecule has 6 nitrogen and oxygen atoms in total. The average molecular weight is 748 g/mol. The van der Waals surface area contributed by atoms with Crippen LogP contribution in [0.4, 0.5) is 11.4 Å². The van der Waals surface area contributed by atoms with Crippen molar-refractivity contribution in [3.8, 4) is 23.5 Å². The van der Waals surface area contributed by atoms with Gasteiger partial charge in [0.05, 0.1) is 11.3 Å². The Morgan fingerprint density at radius 2 is 1.56 bits per heavy atom. The highest BCUT2D eigenvalue weighted by molar-refractivity contribution is 5.93. The quantitative estimate of drug-likeness (QED) is 0.173. The van der Waals surface area contributed by atoms with Gasteiger partial charge in [0, 0.05) is 88.6 Å². The van der Waals surface area contributed by atoms with Crippen LogP contribution in [0.3, 0.4) is 0 Å². The van der Waals surface area contributed by atoms with E-state index >= 15 is 0 Å². The van der Waals surface area contributed by atoms with Crippen LogP contribution in [0.1, 0.15) is 97.8 Å². The Hall–Kier alpha value is -4.05. The summed E-state index contributed by atoms with van der Waals surface area (Å²) in [4.78, 5) is 24.8. The van der Waals surface area contributed by atoms with Crippen LogP contribution in [-0.2, 0) is 11.2 Å². The summed E-state index contributed by atoms with van der Waals surface area (Å²) in [7, 11) is 2.32. The van der Waals surface area contributed by atoms with Crippen molar-refractivity contribution in [2.24, 2.45) is 5.41 Å². The SMILES string of the molecule is C.C#Cc1c(-c2c(C)ccc3c2CC(=C)C3=C)cc(N2CCC(N3CCN(C)C4(CC4)C3)CC2)cc1N1CCC2(CN(C(=O)C=C)C2)C1.C=CC.CC.CC.[HH]. The van der Waals surface area contributed by atoms with Gasteiger partial charge in [0.25, 0.3) is 0 Å². The van der Waals surface area contributed by atoms with Gasteiger partial charge in [-0.1, -0.05) is 79.0 Å². The number of piperidine rings is 1. The topological polar surface area (TPSA) is 33.3 Å². The summed E-state index contributed by atoms with van der Waals surface area (Å²) in [6, 6.07) is 9.87. The predicted molar refractivity (Wildman–Crippen MR) is 241 cm³/mol. The number of fused-ring (bicyclic) bond motifs is 1. The van der Waals surface area contributed by atoms with Gasteiger partial charge in [-0.25, -0.2) is 0 Å². The number of rotatable bonds is 5. The van der Waals surface area contributed by atoms with E-state index in [2.05, 4.69) is 90.1 Å². The van der Waals surface area contributed by atoms with Gasteiger partial charge in [-0.05, 0) is 111 Å². The summed E-state index contributed by atoms with van der Waals surface area (Å²) in [5.74, 6) is 3.22. The van der Waals surface area contributed by atoms with Crippen LogP contribution >= 0.6 is 0 Å². The number of amides is 1. The lowest BCUT2D eigenvalue weighted by Crippen LogP contribution is -2.59. The number of hydrogen-bond donors (Lipinski definition) is 0. The summed E-state index contributed by atoms with van der Waals surface area (Å²) in [6.45, 7) is 37.1. The molecule has 1 amide bonds. The van der Waals surface area contributed by atoms with Gasteiger partial charge in [-0.2, -0.15) is 0 Å². The minimum atomic E-state index is 0. The molecule has 0 N–H and O–H groups in total. The van der Waals surface area contributed by atoms with Crippen LogP contribution < -0.4 is 9.80 Å². The maximum Gasteiger partial charge on any atom is 0.245 e. The van der Waals surface area contributed by atoms with E-state index < -0.39 is 0 Å². The molecule has 0 bridgehead atoms. The lowest BCUT2D eigenvalue weighted by atomic mass is 9.79. The van der Waals surface area contributed by atoms with E-state index in [4.69, 9.17) is 6.42 Å². The molecule has 1 saturated carbocycles. The fraction of sp³-hybridized carbons (Fsp3) is 0.531. The minimum Gasteiger partial charge on any atom is -0.371 e. The zero-order chi connectivity index (χ0) is 39.4. The Balaban J connectivity index is 0.000000881. The molecule has 2 spiro atoms. The molecule has 4 heterocycles. The van der Waals surface area contributed by atoms with Crippen molar-refractivity contribution >= 4 is 22.9 Å². The number of hydrogen-bond acceptors (Lipinski definition) is 5. The van der Waals surface area contributed by atoms with E-state index in [-0.39, 0.29) is 20.2 Å². The normalized spacial score (nSPS) is 20.7. The number of terminal acetylenes is 1. The molecule has 8 rings (SSSR count). The maximum absolute atomic E-state index is 12.3. The van der Waals surface area contributed by atoms with Crippen molar-refractivity contribution in [2.75, 3.05) is 75.8 Å². The first-order valence-electron chi connectivity index (χ1n) is 20.6. The van der Waals surface area contributed by atoms with Crippen LogP contribution in [0.2, 0.25) is 0 Å². The molecule has 2 aromatic rings. The van der Waals surface area contributed by atoms with Crippen molar-refractivity contribution in [2.45, 2.75) is 99.1 Å². The number of allylic oxidation sites excluding steroid dienone is 3. The molecule has 0 atom stereocenters. The third kappa shape index (κ3) is 8.40. The molecule has 6 heteroatoms. The largest absolute Gasteiger partial charge is 0.371 e. The Labute approximate surface area is 337 Å². The highest BCUT2D eigenvalue weighted by atomic mass is 16.2. The van der Waals surface area contributed by atoms with Crippen molar-refractivity contribution in [3.05, 3.63) is 90.6 Å². The number of anilines is 2. The number of carbonyl (C=O) groups excluding carboxylic acids is 1. The molecule has 300 valence electrons. The summed E-state index contributed by atoms with van der Waals surface area (Å²) in [6.07, 6.45) is 16.6. The van der Waals surface area contributed by atoms with E-state index in [9.17, 15) is 4.79 Å². The van der Waals surface area contributed by atoms with Crippen LogP contribution in [-0.4, -0.2) is 98.1 Å². The van der Waals surface area contributed by atoms with Gasteiger partial charge in [0.1, 0.15) is 0 Å². The van der Waals surface area contributed by atoms with Gasteiger partial charge < -0.3 is 14.7 Å². The van der Waals surface area contributed by atoms with E-state index in [1.807, 2.05) is 39.5 Å². The second-order valence-electron chi connectivity index (χ2n) is 15.9. The Bertz CT molecular complexity index is 1790. The number of carbonyl (C=O) groups is 1. The molecule has 4 aliphatic heterocycles. The molecular weight excluding hydrogens is 675 g/mol. The summed E-state index contributed by atoms with van der Waals surface area (Å²) in [5.41, 5.74) is 12.3. The summed E-state index contributed by atoms with van der Waals surface area (Å²) in [5, 5.41) is 0. The van der Waals surface area contributed by atoms with Crippen molar-refractivity contribution in [3.63, 3.8) is 0 Å². The maximum atomic E-state index is 12.3. The predicted octanol–water partition coefficient (Wildman–Crippen LogP) is 9.87. The van der Waals surface area contributed by atoms with Gasteiger partial charge >= 0.3 is 0 Å². The number of likely N-dealkylation sites (N-methyl/N-ethyl adjacent to an activating group) is 1. The summed E-state index contributed by atoms with van der Waals surface area (Å²) >= 11 is 0. The molecule has 0 unspecified atom stereocenters. The Kier molecular flexibility index (Phi) is 14.5. The highest BCUT2D eigenvalue weighted by Gasteiger charge is 2.51. The Morgan fingerprint density at radius 1 is 0.909 bits per heavy atom. The molecule has 0 aromatic heterocycles. The number of piperazine rings is 1. The third-order valence-corrected chi connectivity index (χ3v) is 12.7. The zero-order valence-electron chi connectivity index (χ0n) is 34.7. The summed E-state index contributed by atoms with van der Waals surface area (Å²) < 4.78 is 0. The lowest BCUT2D eigenvalue weighted by molar-refractivity contribution is -0.136. The van der Waals surface area contributed by atoms with Gasteiger partial charge in [-0.15, -0.1) is 13.0 Å². The zero-order valence-corrected chi connectivity index (χ0v) is 34.7. The second-order valence-corrected chi connectivity index (χ2v) is 15.9. The fourth-order valence-corrected chi connectivity index (χ4v) is 9.54. The molecule has 2 aromatic carbocycles. The first kappa shape index (κ1) is 43.7. The van der Waals surface area contributed by atoms with Crippen molar-refractivity contribution in [1.82, 2.24) is 14.7 Å². The third-order valence-electron chi connectivity index (χ3n) is 12.7. The number of benzene rings is 2. The van der Waals surface area contributed by atoms with Crippen LogP contribution in [0.5, 0.6) is 0 Å². The molecule has 0 radical (unpaired) electrons. The monoisotopic (exact) mass is 748 g/mol. The smallest absolute Gasteiger partial charge is 0.245 e. The lowest BCUT2D eigenvalue weighted by Gasteiger charge is -2.47. The van der Waals surface area contributed by atoms with Crippen molar-refractivity contribution < 1.29 is 6.22 Å². The van der Waals surface area contributed by atoms with E-state index in [0.29, 0.717) is 11.6 Å². The van der Waals surface area contributed by atoms with Crippen LogP contribution in [0.15, 0.2) is 68.3 Å². The van der Waals surface area contributed by atoms with Gasteiger partial charge in [-0.3, -0.25) is 14.6 Å². The van der Waals surface area contributed by atoms with E-state index in [1.165, 1.54) is 79.3 Å². The molecule has 55 heavy (non-hydrogen) atoms. The molecular formula is C49H73N5O. The van der Waals surface area contributed by atoms with Crippen LogP contribution in [0, 0.1) is 24.7 Å². The molecule has 4 saturated heterocycles. The van der Waals surface area contributed by atoms with E-state index in [0.717, 1.165) is 80.1 Å². The van der Waals surface area contributed by atoms with Crippen molar-refractivity contribution in [1.29, 1.82) is 0 Å². The van der Waals surface area contributed by atoms with Gasteiger partial charge in [0.2, 0.25) is 5.91 Å². The number of likely N-dealkylation sites (tertiary alicyclic amines) is 1. The fourth-order valence-electron chi connectivity index (χ4n) is 9.54. The Morgan fingerprint density at radius 3 is 2.16 bits per heavy atom. The number of nitrogens with zero attached hydrogens (tertiary/aromatic N) is 5. The second kappa shape index (κ2) is 18.3. The van der Waals surface area contributed by atoms with Crippen LogP contribution in [0.25, 0.3) is 16.7 Å².